The Labute approximate surface area is 273 Å². The van der Waals surface area contributed by atoms with E-state index in [0.717, 1.165) is 0 Å². The lowest BCUT2D eigenvalue weighted by Crippen LogP contribution is -2.36. The lowest BCUT2D eigenvalue weighted by atomic mass is 9.95. The zero-order valence-electron chi connectivity index (χ0n) is 23.8. The number of nitrogen functional groups attached to an aromatic ring is 2. The molecule has 7 rings (SSSR count). The van der Waals surface area contributed by atoms with Crippen molar-refractivity contribution in [3.63, 3.8) is 0 Å². The number of ether oxygens (including phenoxy) is 2. The Morgan fingerprint density at radius 2 is 1.68 bits per heavy atom. The van der Waals surface area contributed by atoms with E-state index in [1.165, 1.54) is 28.1 Å². The largest absolute Gasteiger partial charge is 0.472 e. The summed E-state index contributed by atoms with van der Waals surface area (Å²) >= 11 is 9.73. The Hall–Kier alpha value is -2.63. The van der Waals surface area contributed by atoms with Crippen molar-refractivity contribution in [2.45, 2.75) is 49.4 Å². The molecule has 0 aromatic carbocycles. The fourth-order valence-electron chi connectivity index (χ4n) is 5.90. The number of fused-ring (bicyclic) bond motifs is 5. The van der Waals surface area contributed by atoms with Gasteiger partial charge in [-0.3, -0.25) is 28.0 Å². The van der Waals surface area contributed by atoms with Crippen LogP contribution in [0.25, 0.3) is 22.3 Å². The van der Waals surface area contributed by atoms with Gasteiger partial charge in [0.05, 0.1) is 32.0 Å². The molecule has 10 atom stereocenters. The van der Waals surface area contributed by atoms with E-state index in [2.05, 4.69) is 42.5 Å². The summed E-state index contributed by atoms with van der Waals surface area (Å²) in [5, 5.41) is 11.3. The van der Waals surface area contributed by atoms with Gasteiger partial charge in [0, 0.05) is 5.92 Å². The van der Waals surface area contributed by atoms with E-state index in [9.17, 15) is 24.3 Å². The highest BCUT2D eigenvalue weighted by Gasteiger charge is 2.53. The Kier molecular flexibility index (Phi) is 8.65. The number of nitrogens with two attached hydrogens (primary N) is 2. The molecule has 254 valence electrons. The molecule has 47 heavy (non-hydrogen) atoms. The molecule has 3 aliphatic heterocycles. The minimum Gasteiger partial charge on any atom is -0.386 e. The molecule has 3 fully saturated rings. The molecule has 21 nitrogen and oxygen atoms in total. The van der Waals surface area contributed by atoms with E-state index in [4.69, 9.17) is 50.8 Å². The molecule has 10 unspecified atom stereocenters. The van der Waals surface area contributed by atoms with Crippen LogP contribution in [0, 0.1) is 5.92 Å². The fraction of sp³-hybridized carbons (Fsp3) is 0.545. The van der Waals surface area contributed by atoms with E-state index in [0.29, 0.717) is 12.2 Å². The smallest absolute Gasteiger partial charge is 0.386 e. The molecule has 3 aliphatic rings. The number of rotatable bonds is 4. The monoisotopic (exact) mass is 734 g/mol. The molecule has 0 spiro atoms. The van der Waals surface area contributed by atoms with Gasteiger partial charge in [0.25, 0.3) is 5.56 Å². The number of hydrogen-bond acceptors (Lipinski definition) is 18. The predicted octanol–water partition coefficient (Wildman–Crippen LogP) is -0.650. The molecule has 7 heterocycles. The Morgan fingerprint density at radius 3 is 2.45 bits per heavy atom. The Bertz CT molecular complexity index is 1980. The highest BCUT2D eigenvalue weighted by Crippen LogP contribution is 2.55. The number of aromatic amines is 1. The fourth-order valence-corrected chi connectivity index (χ4v) is 8.61. The molecule has 8 N–H and O–H groups in total. The van der Waals surface area contributed by atoms with Crippen LogP contribution in [0.2, 0.25) is 0 Å². The van der Waals surface area contributed by atoms with Gasteiger partial charge in [0.2, 0.25) is 5.95 Å². The van der Waals surface area contributed by atoms with Crippen LogP contribution < -0.4 is 17.0 Å². The van der Waals surface area contributed by atoms with Gasteiger partial charge in [-0.2, -0.15) is 17.6 Å². The van der Waals surface area contributed by atoms with Crippen LogP contribution in [0.1, 0.15) is 18.9 Å². The summed E-state index contributed by atoms with van der Waals surface area (Å²) in [6.45, 7) is -5.24. The zero-order chi connectivity index (χ0) is 33.2. The molecule has 25 heteroatoms. The highest BCUT2D eigenvalue weighted by atomic mass is 32.5. The second-order valence-electron chi connectivity index (χ2n) is 10.8. The van der Waals surface area contributed by atoms with Crippen molar-refractivity contribution in [1.29, 1.82) is 0 Å². The van der Waals surface area contributed by atoms with Crippen molar-refractivity contribution in [2.75, 3.05) is 30.4 Å². The summed E-state index contributed by atoms with van der Waals surface area (Å²) in [6, 6.07) is 0. The standard InChI is InChI=1S/C22H28N10O11P2S2/c23-16-11-17(26-5-25-16)31(6-27-11)20-13(33)15-10(41-20)4-39-45(37,47)43-14-8(1-2-46)9(3-38-44(35,36)42-15)40-21(14)32-7-28-12-18(32)29-22(24)30-19(12)34/h5-10,13-15,20-21,33,46H,1-4H2,(H,35,36)(H,37,47)(H2,23,25,26)(H3,24,29,30,34). The third kappa shape index (κ3) is 6.09. The molecule has 0 aliphatic carbocycles. The van der Waals surface area contributed by atoms with Gasteiger partial charge >= 0.3 is 14.5 Å². The van der Waals surface area contributed by atoms with Crippen molar-refractivity contribution in [2.24, 2.45) is 5.92 Å². The van der Waals surface area contributed by atoms with Crippen LogP contribution in [0.3, 0.4) is 0 Å². The first-order valence-corrected chi connectivity index (χ1v) is 18.6. The van der Waals surface area contributed by atoms with Crippen LogP contribution in [-0.4, -0.2) is 103 Å². The summed E-state index contributed by atoms with van der Waals surface area (Å²) in [6.07, 6.45) is -4.82. The maximum absolute atomic E-state index is 13.3. The van der Waals surface area contributed by atoms with Crippen molar-refractivity contribution in [3.8, 4) is 0 Å². The van der Waals surface area contributed by atoms with Gasteiger partial charge in [-0.05, 0) is 24.0 Å². The number of imidazole rings is 2. The van der Waals surface area contributed by atoms with Gasteiger partial charge in [-0.1, -0.05) is 0 Å². The van der Waals surface area contributed by atoms with Gasteiger partial charge in [-0.25, -0.2) is 24.5 Å². The van der Waals surface area contributed by atoms with E-state index in [1.54, 1.807) is 0 Å². The van der Waals surface area contributed by atoms with E-state index in [-0.39, 0.29) is 34.1 Å². The predicted molar refractivity (Wildman–Crippen MR) is 166 cm³/mol. The number of aromatic nitrogens is 8. The maximum atomic E-state index is 13.3. The summed E-state index contributed by atoms with van der Waals surface area (Å²) < 4.78 is 50.9. The molecule has 4 aromatic heterocycles. The van der Waals surface area contributed by atoms with E-state index < -0.39 is 82.2 Å². The first-order valence-electron chi connectivity index (χ1n) is 13.9. The lowest BCUT2D eigenvalue weighted by Gasteiger charge is -2.28. The molecule has 0 radical (unpaired) electrons. The Morgan fingerprint density at radius 1 is 0.979 bits per heavy atom. The number of thiol groups is 1. The third-order valence-corrected chi connectivity index (χ3v) is 10.8. The Balaban J connectivity index is 1.23. The molecular weight excluding hydrogens is 706 g/mol. The molecule has 0 amide bonds. The van der Waals surface area contributed by atoms with Crippen molar-refractivity contribution in [1.82, 2.24) is 39.0 Å². The van der Waals surface area contributed by atoms with Gasteiger partial charge < -0.3 is 44.9 Å². The first kappa shape index (κ1) is 32.9. The van der Waals surface area contributed by atoms with Crippen LogP contribution in [0.4, 0.5) is 11.8 Å². The number of aliphatic hydroxyl groups excluding tert-OH is 1. The summed E-state index contributed by atoms with van der Waals surface area (Å²) in [4.78, 5) is 57.4. The van der Waals surface area contributed by atoms with Crippen LogP contribution in [0.15, 0.2) is 23.8 Å². The van der Waals surface area contributed by atoms with E-state index >= 15 is 0 Å². The van der Waals surface area contributed by atoms with Crippen LogP contribution in [-0.2, 0) is 43.9 Å². The number of phosphoric acid groups is 1. The maximum Gasteiger partial charge on any atom is 0.472 e. The highest BCUT2D eigenvalue weighted by molar-refractivity contribution is 8.07. The summed E-state index contributed by atoms with van der Waals surface area (Å²) in [5.74, 6) is -0.451. The number of anilines is 2. The average molecular weight is 735 g/mol. The molecule has 0 saturated carbocycles. The number of hydrogen-bond donors (Lipinski definition) is 7. The number of aliphatic hydroxyl groups is 1. The molecular formula is C22H28N10O11P2S2. The van der Waals surface area contributed by atoms with Crippen molar-refractivity contribution in [3.05, 3.63) is 29.3 Å². The molecule has 2 bridgehead atoms. The van der Waals surface area contributed by atoms with Crippen molar-refractivity contribution < 1.29 is 47.0 Å². The SMILES string of the molecule is Nc1nc2c(ncn2C2OC3COP(=O)(O)OC4C(COP(O)(=S)OC2C3CCS)OC(n2cnc3c(N)ncnc32)C4O)c(=O)[nH]1. The van der Waals surface area contributed by atoms with Crippen LogP contribution >= 0.6 is 27.2 Å². The molecule has 4 aromatic rings. The lowest BCUT2D eigenvalue weighted by molar-refractivity contribution is -0.0631. The second kappa shape index (κ2) is 12.4. The second-order valence-corrected chi connectivity index (χ2v) is 15.5. The minimum atomic E-state index is -4.94. The van der Waals surface area contributed by atoms with Crippen molar-refractivity contribution >= 4 is 73.1 Å². The minimum absolute atomic E-state index is 0.0433. The summed E-state index contributed by atoms with van der Waals surface area (Å²) in [5.41, 5.74) is 11.5. The van der Waals surface area contributed by atoms with Gasteiger partial charge in [0.1, 0.15) is 36.3 Å². The van der Waals surface area contributed by atoms with Gasteiger partial charge in [0.15, 0.2) is 35.1 Å². The number of nitrogens with zero attached hydrogens (tertiary/aromatic N) is 7. The number of phosphoric ester groups is 1. The normalized spacial score (nSPS) is 36.6. The quantitative estimate of drug-likeness (QED) is 0.101. The number of H-pyrrole nitrogens is 1. The topological polar surface area (TPSA) is 292 Å². The number of nitrogens with one attached hydrogen (secondary N) is 1. The average Bonchev–Trinajstić information content (AvgIpc) is 3.76. The third-order valence-electron chi connectivity index (χ3n) is 7.97. The van der Waals surface area contributed by atoms with Gasteiger partial charge in [-0.15, -0.1) is 0 Å². The first-order chi connectivity index (χ1) is 22.4. The zero-order valence-corrected chi connectivity index (χ0v) is 27.3. The van der Waals surface area contributed by atoms with Crippen LogP contribution in [0.5, 0.6) is 0 Å². The summed E-state index contributed by atoms with van der Waals surface area (Å²) in [7, 11) is -4.94. The van der Waals surface area contributed by atoms with E-state index in [1.807, 2.05) is 0 Å². The molecule has 3 saturated heterocycles.